The van der Waals surface area contributed by atoms with E-state index in [-0.39, 0.29) is 16.4 Å². The summed E-state index contributed by atoms with van der Waals surface area (Å²) >= 11 is 0. The molecule has 0 aliphatic carbocycles. The van der Waals surface area contributed by atoms with Gasteiger partial charge in [0.2, 0.25) is 0 Å². The van der Waals surface area contributed by atoms with Gasteiger partial charge in [-0.15, -0.1) is 0 Å². The van der Waals surface area contributed by atoms with Crippen LogP contribution in [0.5, 0.6) is 0 Å². The summed E-state index contributed by atoms with van der Waals surface area (Å²) in [4.78, 5) is 2.32. The van der Waals surface area contributed by atoms with E-state index in [4.69, 9.17) is 0 Å². The second kappa shape index (κ2) is 6.42. The molecule has 134 valence electrons. The van der Waals surface area contributed by atoms with Crippen molar-refractivity contribution in [3.05, 3.63) is 30.3 Å². The number of rotatable bonds is 3. The summed E-state index contributed by atoms with van der Waals surface area (Å²) in [6, 6.07) is 7.78. The summed E-state index contributed by atoms with van der Waals surface area (Å²) < 4.78 is 50.6. The van der Waals surface area contributed by atoms with Crippen molar-refractivity contribution < 1.29 is 16.8 Å². The average Bonchev–Trinajstić information content (AvgIpc) is 2.84. The predicted molar refractivity (Wildman–Crippen MR) is 94.4 cm³/mol. The molecule has 2 fully saturated rings. The first-order valence-corrected chi connectivity index (χ1v) is 11.8. The Morgan fingerprint density at radius 3 is 2.17 bits per heavy atom. The molecule has 2 heterocycles. The number of hydrogen-bond acceptors (Lipinski definition) is 5. The van der Waals surface area contributed by atoms with Crippen molar-refractivity contribution in [1.82, 2.24) is 4.90 Å². The molecule has 2 aliphatic rings. The van der Waals surface area contributed by atoms with Crippen LogP contribution < -0.4 is 0 Å². The van der Waals surface area contributed by atoms with E-state index >= 15 is 0 Å². The van der Waals surface area contributed by atoms with Crippen LogP contribution in [0.15, 0.2) is 35.2 Å². The lowest BCUT2D eigenvalue weighted by Gasteiger charge is -2.40. The molecule has 2 saturated heterocycles. The second-order valence-corrected chi connectivity index (χ2v) is 11.8. The normalized spacial score (nSPS) is 34.2. The van der Waals surface area contributed by atoms with Crippen molar-refractivity contribution in [2.45, 2.75) is 36.5 Å². The molecule has 24 heavy (non-hydrogen) atoms. The van der Waals surface area contributed by atoms with Gasteiger partial charge in [-0.3, -0.25) is 4.90 Å². The van der Waals surface area contributed by atoms with E-state index in [0.29, 0.717) is 11.8 Å². The Kier molecular flexibility index (Phi) is 4.79. The summed E-state index contributed by atoms with van der Waals surface area (Å²) in [6.45, 7) is 5.83. The summed E-state index contributed by atoms with van der Waals surface area (Å²) in [6.07, 6.45) is 1.10. The number of likely N-dealkylation sites (tertiary alicyclic amines) is 1. The fourth-order valence-electron chi connectivity index (χ4n) is 4.20. The van der Waals surface area contributed by atoms with Crippen molar-refractivity contribution >= 4 is 19.7 Å². The van der Waals surface area contributed by atoms with E-state index in [2.05, 4.69) is 18.7 Å². The first-order chi connectivity index (χ1) is 11.2. The van der Waals surface area contributed by atoms with Crippen LogP contribution in [0.25, 0.3) is 0 Å². The van der Waals surface area contributed by atoms with Gasteiger partial charge >= 0.3 is 0 Å². The van der Waals surface area contributed by atoms with Crippen molar-refractivity contribution in [3.63, 3.8) is 0 Å². The van der Waals surface area contributed by atoms with Crippen LogP contribution in [0.1, 0.15) is 20.3 Å². The van der Waals surface area contributed by atoms with Gasteiger partial charge in [0.05, 0.1) is 21.7 Å². The Balaban J connectivity index is 1.96. The number of piperidine rings is 1. The van der Waals surface area contributed by atoms with E-state index in [0.717, 1.165) is 19.5 Å². The highest BCUT2D eigenvalue weighted by atomic mass is 32.2. The van der Waals surface area contributed by atoms with Crippen LogP contribution >= 0.6 is 0 Å². The molecule has 2 aliphatic heterocycles. The Bertz CT molecular complexity index is 779. The van der Waals surface area contributed by atoms with Crippen LogP contribution in [0.4, 0.5) is 0 Å². The van der Waals surface area contributed by atoms with Gasteiger partial charge < -0.3 is 0 Å². The van der Waals surface area contributed by atoms with Gasteiger partial charge in [-0.05, 0) is 30.4 Å². The zero-order chi connectivity index (χ0) is 17.5. The fourth-order valence-corrected chi connectivity index (χ4v) is 9.05. The van der Waals surface area contributed by atoms with Gasteiger partial charge in [0, 0.05) is 19.1 Å². The molecule has 1 aromatic carbocycles. The lowest BCUT2D eigenvalue weighted by atomic mass is 9.91. The van der Waals surface area contributed by atoms with E-state index < -0.39 is 31.0 Å². The molecule has 0 radical (unpaired) electrons. The maximum Gasteiger partial charge on any atom is 0.183 e. The quantitative estimate of drug-likeness (QED) is 0.807. The Morgan fingerprint density at radius 1 is 1.00 bits per heavy atom. The molecule has 0 N–H and O–H groups in total. The molecule has 0 aromatic heterocycles. The summed E-state index contributed by atoms with van der Waals surface area (Å²) in [5.41, 5.74) is 0. The lowest BCUT2D eigenvalue weighted by Crippen LogP contribution is -2.51. The largest absolute Gasteiger partial charge is 0.297 e. The van der Waals surface area contributed by atoms with Crippen LogP contribution in [0.3, 0.4) is 0 Å². The van der Waals surface area contributed by atoms with Crippen molar-refractivity contribution in [2.75, 3.05) is 24.6 Å². The van der Waals surface area contributed by atoms with Crippen molar-refractivity contribution in [3.8, 4) is 0 Å². The summed E-state index contributed by atoms with van der Waals surface area (Å²) in [5.74, 6) is 0.589. The molecule has 0 bridgehead atoms. The van der Waals surface area contributed by atoms with Crippen LogP contribution in [0, 0.1) is 11.8 Å². The van der Waals surface area contributed by atoms with Gasteiger partial charge in [0.25, 0.3) is 0 Å². The second-order valence-electron chi connectivity index (χ2n) is 7.44. The van der Waals surface area contributed by atoms with E-state index in [9.17, 15) is 16.8 Å². The van der Waals surface area contributed by atoms with Gasteiger partial charge in [0.1, 0.15) is 0 Å². The fraction of sp³-hybridized carbons (Fsp3) is 0.647. The molecular weight excluding hydrogens is 346 g/mol. The molecule has 0 unspecified atom stereocenters. The van der Waals surface area contributed by atoms with Gasteiger partial charge in [-0.25, -0.2) is 16.8 Å². The molecule has 1 aromatic rings. The monoisotopic (exact) mass is 371 g/mol. The number of benzene rings is 1. The third-order valence-corrected chi connectivity index (χ3v) is 9.24. The predicted octanol–water partition coefficient (Wildman–Crippen LogP) is 1.60. The highest BCUT2D eigenvalue weighted by Gasteiger charge is 2.49. The van der Waals surface area contributed by atoms with Crippen molar-refractivity contribution in [1.29, 1.82) is 0 Å². The minimum atomic E-state index is -3.66. The molecular formula is C17H25NO4S2. The average molecular weight is 372 g/mol. The van der Waals surface area contributed by atoms with E-state index in [1.54, 1.807) is 30.3 Å². The first-order valence-electron chi connectivity index (χ1n) is 8.42. The van der Waals surface area contributed by atoms with Gasteiger partial charge in [-0.1, -0.05) is 32.0 Å². The number of sulfone groups is 2. The summed E-state index contributed by atoms with van der Waals surface area (Å²) in [5, 5.41) is -0.873. The standard InChI is InChI=1S/C17H25NO4S2/c1-13-8-14(2)10-18(9-13)16-11-23(19,20)12-17(16)24(21,22)15-6-4-3-5-7-15/h3-7,13-14,16-17H,8-12H2,1-2H3/t13-,14+,16-,17-/m1/s1. The number of nitrogens with zero attached hydrogens (tertiary/aromatic N) is 1. The van der Waals surface area contributed by atoms with Crippen LogP contribution in [-0.4, -0.2) is 57.6 Å². The third kappa shape index (κ3) is 3.53. The zero-order valence-electron chi connectivity index (χ0n) is 14.1. The van der Waals surface area contributed by atoms with E-state index in [1.165, 1.54) is 0 Å². The maximum absolute atomic E-state index is 13.0. The molecule has 0 spiro atoms. The van der Waals surface area contributed by atoms with Crippen LogP contribution in [-0.2, 0) is 19.7 Å². The first kappa shape index (κ1) is 17.9. The minimum Gasteiger partial charge on any atom is -0.297 e. The Labute approximate surface area is 144 Å². The van der Waals surface area contributed by atoms with Crippen LogP contribution in [0.2, 0.25) is 0 Å². The molecule has 5 nitrogen and oxygen atoms in total. The SMILES string of the molecule is C[C@@H]1C[C@H](C)CN([C@@H]2CS(=O)(=O)C[C@H]2S(=O)(=O)c2ccccc2)C1. The highest BCUT2D eigenvalue weighted by Crippen LogP contribution is 2.32. The van der Waals surface area contributed by atoms with E-state index in [1.807, 2.05) is 0 Å². The molecule has 3 rings (SSSR count). The zero-order valence-corrected chi connectivity index (χ0v) is 15.8. The molecule has 4 atom stereocenters. The van der Waals surface area contributed by atoms with Gasteiger partial charge in [-0.2, -0.15) is 0 Å². The maximum atomic E-state index is 13.0. The Hall–Kier alpha value is -0.920. The molecule has 0 amide bonds. The van der Waals surface area contributed by atoms with Gasteiger partial charge in [0.15, 0.2) is 19.7 Å². The summed E-state index contributed by atoms with van der Waals surface area (Å²) in [7, 11) is -7.00. The Morgan fingerprint density at radius 2 is 1.58 bits per heavy atom. The topological polar surface area (TPSA) is 71.5 Å². The number of hydrogen-bond donors (Lipinski definition) is 0. The third-order valence-electron chi connectivity index (χ3n) is 5.11. The highest BCUT2D eigenvalue weighted by molar-refractivity contribution is 7.96. The molecule has 0 saturated carbocycles. The smallest absolute Gasteiger partial charge is 0.183 e. The van der Waals surface area contributed by atoms with Crippen molar-refractivity contribution in [2.24, 2.45) is 11.8 Å². The lowest BCUT2D eigenvalue weighted by molar-refractivity contribution is 0.107. The molecule has 7 heteroatoms. The minimum absolute atomic E-state index is 0.0524.